The Hall–Kier alpha value is -3.31. The molecule has 4 heterocycles. The summed E-state index contributed by atoms with van der Waals surface area (Å²) >= 11 is 20.9. The lowest BCUT2D eigenvalue weighted by Gasteiger charge is -1.99. The Bertz CT molecular complexity index is 1680. The van der Waals surface area contributed by atoms with Crippen LogP contribution in [-0.4, -0.2) is 19.9 Å². The molecule has 0 amide bonds. The van der Waals surface area contributed by atoms with E-state index >= 15 is 0 Å². The maximum Gasteiger partial charge on any atom is 0.143 e. The number of hydrogen-bond acceptors (Lipinski definition) is 9. The van der Waals surface area contributed by atoms with E-state index in [2.05, 4.69) is 54.7 Å². The summed E-state index contributed by atoms with van der Waals surface area (Å²) in [6, 6.07) is 21.6. The Balaban J connectivity index is 0.000000161. The number of nitrogen functional groups attached to an aromatic ring is 1. The van der Waals surface area contributed by atoms with Crippen molar-refractivity contribution in [3.63, 3.8) is 0 Å². The van der Waals surface area contributed by atoms with Gasteiger partial charge in [0.05, 0.1) is 33.6 Å². The summed E-state index contributed by atoms with van der Waals surface area (Å²) < 4.78 is 1.63. The first-order chi connectivity index (χ1) is 21.1. The van der Waals surface area contributed by atoms with Crippen molar-refractivity contribution >= 4 is 85.8 Å². The van der Waals surface area contributed by atoms with Crippen molar-refractivity contribution in [2.45, 2.75) is 37.5 Å². The zero-order chi connectivity index (χ0) is 32.2. The number of hydrogen-bond donors (Lipinski definition) is 1. The molecule has 4 aromatic heterocycles. The topological polar surface area (TPSA) is 173 Å². The van der Waals surface area contributed by atoms with Crippen LogP contribution in [0.3, 0.4) is 0 Å². The highest BCUT2D eigenvalue weighted by Gasteiger charge is 2.28. The number of nitriles is 4. The van der Waals surface area contributed by atoms with E-state index in [-0.39, 0.29) is 5.82 Å². The first kappa shape index (κ1) is 35.2. The molecule has 2 aliphatic rings. The van der Waals surface area contributed by atoms with Gasteiger partial charge in [-0.2, -0.15) is 21.0 Å². The quantitative estimate of drug-likeness (QED) is 0.154. The molecule has 2 fully saturated rings. The van der Waals surface area contributed by atoms with Crippen LogP contribution in [0.1, 0.15) is 71.2 Å². The molecular weight excluding hydrogens is 847 g/mol. The number of pyridine rings is 4. The molecule has 2 saturated carbocycles. The Morgan fingerprint density at radius 2 is 0.977 bits per heavy atom. The molecule has 9 nitrogen and oxygen atoms in total. The molecule has 0 unspecified atom stereocenters. The second kappa shape index (κ2) is 17.2. The number of aromatic nitrogens is 4. The highest BCUT2D eigenvalue weighted by Crippen LogP contribution is 2.41. The first-order valence-electron chi connectivity index (χ1n) is 12.8. The van der Waals surface area contributed by atoms with Crippen LogP contribution < -0.4 is 5.73 Å². The fourth-order valence-electron chi connectivity index (χ4n) is 3.47. The van der Waals surface area contributed by atoms with Gasteiger partial charge in [0.25, 0.3) is 0 Å². The Morgan fingerprint density at radius 3 is 1.43 bits per heavy atom. The van der Waals surface area contributed by atoms with Crippen LogP contribution in [0.4, 0.5) is 5.82 Å². The summed E-state index contributed by atoms with van der Waals surface area (Å²) in [5, 5.41) is 35.6. The van der Waals surface area contributed by atoms with Gasteiger partial charge in [-0.1, -0.05) is 34.8 Å². The Labute approximate surface area is 296 Å². The van der Waals surface area contributed by atoms with Crippen molar-refractivity contribution < 1.29 is 0 Å². The fraction of sp³-hybridized carbons (Fsp3) is 0.200. The molecule has 44 heavy (non-hydrogen) atoms. The maximum absolute atomic E-state index is 8.79. The number of anilines is 1. The molecule has 4 aromatic rings. The lowest BCUT2D eigenvalue weighted by atomic mass is 10.1. The van der Waals surface area contributed by atoms with Gasteiger partial charge in [0.1, 0.15) is 53.0 Å². The molecule has 0 aromatic carbocycles. The molecule has 2 N–H and O–H groups in total. The zero-order valence-corrected chi connectivity index (χ0v) is 29.2. The first-order valence-corrected chi connectivity index (χ1v) is 16.1. The van der Waals surface area contributed by atoms with Crippen molar-refractivity contribution in [3.05, 3.63) is 105 Å². The highest BCUT2D eigenvalue weighted by atomic mass is 127. The van der Waals surface area contributed by atoms with Gasteiger partial charge in [-0.25, -0.2) is 19.9 Å². The third-order valence-corrected chi connectivity index (χ3v) is 7.95. The van der Waals surface area contributed by atoms with Crippen molar-refractivity contribution in [1.29, 1.82) is 21.0 Å². The molecular formula is C30H20Cl3I2N9. The van der Waals surface area contributed by atoms with Gasteiger partial charge < -0.3 is 5.73 Å². The summed E-state index contributed by atoms with van der Waals surface area (Å²) in [6.07, 6.45) is 4.67. The van der Waals surface area contributed by atoms with Crippen LogP contribution in [0.2, 0.25) is 15.5 Å². The van der Waals surface area contributed by atoms with Crippen LogP contribution in [0.25, 0.3) is 0 Å². The molecule has 14 heteroatoms. The summed E-state index contributed by atoms with van der Waals surface area (Å²) in [5.74, 6) is 1.22. The number of nitrogens with zero attached hydrogens (tertiary/aromatic N) is 8. The monoisotopic (exact) mass is 865 g/mol. The van der Waals surface area contributed by atoms with Crippen LogP contribution in [0.15, 0.2) is 48.5 Å². The van der Waals surface area contributed by atoms with Crippen LogP contribution in [-0.2, 0) is 0 Å². The minimum atomic E-state index is 0.176. The Kier molecular flexibility index (Phi) is 13.8. The predicted molar refractivity (Wildman–Crippen MR) is 185 cm³/mol. The van der Waals surface area contributed by atoms with E-state index in [1.54, 1.807) is 24.3 Å². The van der Waals surface area contributed by atoms with Gasteiger partial charge in [0.2, 0.25) is 0 Å². The SMILES string of the molecule is N#Cc1ccc(Cl)nc1C1CC1.N#Cc1ccc(Cl)nc1I.N#Cc1ccc(Cl)nc1N.N#Cc1ccc(I)nc1C1CC1. The molecule has 0 radical (unpaired) electrons. The average molecular weight is 867 g/mol. The smallest absolute Gasteiger partial charge is 0.143 e. The second-order valence-corrected chi connectivity index (χ2v) is 12.5. The average Bonchev–Trinajstić information content (AvgIpc) is 3.93. The van der Waals surface area contributed by atoms with E-state index in [1.165, 1.54) is 25.0 Å². The molecule has 0 atom stereocenters. The minimum absolute atomic E-state index is 0.176. The largest absolute Gasteiger partial charge is 0.383 e. The van der Waals surface area contributed by atoms with E-state index in [0.717, 1.165) is 33.5 Å². The molecule has 0 bridgehead atoms. The van der Waals surface area contributed by atoms with Gasteiger partial charge in [-0.15, -0.1) is 0 Å². The third kappa shape index (κ3) is 11.0. The molecule has 6 rings (SSSR count). The highest BCUT2D eigenvalue weighted by molar-refractivity contribution is 14.1. The van der Waals surface area contributed by atoms with Gasteiger partial charge >= 0.3 is 0 Å². The maximum atomic E-state index is 8.79. The van der Waals surface area contributed by atoms with Crippen LogP contribution in [0, 0.1) is 52.7 Å². The van der Waals surface area contributed by atoms with Crippen molar-refractivity contribution in [2.24, 2.45) is 0 Å². The molecule has 0 aliphatic heterocycles. The lowest BCUT2D eigenvalue weighted by Crippen LogP contribution is -1.93. The fourth-order valence-corrected chi connectivity index (χ4v) is 5.06. The molecule has 220 valence electrons. The second-order valence-electron chi connectivity index (χ2n) is 9.17. The van der Waals surface area contributed by atoms with E-state index in [1.807, 2.05) is 46.9 Å². The van der Waals surface area contributed by atoms with E-state index in [0.29, 0.717) is 47.7 Å². The van der Waals surface area contributed by atoms with Crippen LogP contribution in [0.5, 0.6) is 0 Å². The normalized spacial score (nSPS) is 12.6. The standard InChI is InChI=1S/C9H7ClN2.C9H7IN2.C6H2ClIN2.C6H4ClN3/c2*10-8-4-3-7(5-11)9(12-8)6-1-2-6;7-5-2-1-4(3-9)6(8)10-5;7-5-2-1-4(3-8)6(9)10-5/h2*3-4,6H,1-2H2;1-2H;1-2H,(H2,9,10). The van der Waals surface area contributed by atoms with E-state index < -0.39 is 0 Å². The van der Waals surface area contributed by atoms with Crippen molar-refractivity contribution in [2.75, 3.05) is 5.73 Å². The van der Waals surface area contributed by atoms with Gasteiger partial charge in [-0.3, -0.25) is 0 Å². The van der Waals surface area contributed by atoms with Crippen molar-refractivity contribution in [3.8, 4) is 24.3 Å². The predicted octanol–water partition coefficient (Wildman–Crippen LogP) is 8.32. The number of rotatable bonds is 2. The zero-order valence-electron chi connectivity index (χ0n) is 22.6. The lowest BCUT2D eigenvalue weighted by molar-refractivity contribution is 0.997. The van der Waals surface area contributed by atoms with Gasteiger partial charge in [-0.05, 0) is 119 Å². The number of nitrogens with two attached hydrogens (primary N) is 1. The van der Waals surface area contributed by atoms with E-state index in [9.17, 15) is 0 Å². The summed E-state index contributed by atoms with van der Waals surface area (Å²) in [5.41, 5.74) is 9.53. The summed E-state index contributed by atoms with van der Waals surface area (Å²) in [7, 11) is 0. The van der Waals surface area contributed by atoms with Gasteiger partial charge in [0.15, 0.2) is 0 Å². The molecule has 2 aliphatic carbocycles. The molecule has 0 spiro atoms. The number of halogens is 5. The summed E-state index contributed by atoms with van der Waals surface area (Å²) in [6.45, 7) is 0. The summed E-state index contributed by atoms with van der Waals surface area (Å²) in [4.78, 5) is 16.1. The van der Waals surface area contributed by atoms with E-state index in [4.69, 9.17) is 61.6 Å². The van der Waals surface area contributed by atoms with Crippen molar-refractivity contribution in [1.82, 2.24) is 19.9 Å². The Morgan fingerprint density at radius 1 is 0.568 bits per heavy atom. The van der Waals surface area contributed by atoms with Crippen LogP contribution >= 0.6 is 80.0 Å². The van der Waals surface area contributed by atoms with Gasteiger partial charge in [0, 0.05) is 11.8 Å². The third-order valence-electron chi connectivity index (χ3n) is 5.90. The minimum Gasteiger partial charge on any atom is -0.383 e. The molecule has 0 saturated heterocycles.